The number of hydrogen-bond donors (Lipinski definition) is 2. The SMILES string of the molecule is c1cc2[nH]c(C3COCCN3)cc2cc1OCCCN1CC2CC2C1. The molecule has 3 atom stereocenters. The third kappa shape index (κ3) is 3.41. The Hall–Kier alpha value is -1.56. The summed E-state index contributed by atoms with van der Waals surface area (Å²) in [7, 11) is 0. The van der Waals surface area contributed by atoms with Gasteiger partial charge in [-0.15, -0.1) is 0 Å². The van der Waals surface area contributed by atoms with Crippen LogP contribution >= 0.6 is 0 Å². The first kappa shape index (κ1) is 15.7. The number of hydrogen-bond acceptors (Lipinski definition) is 4. The first-order valence-electron chi connectivity index (χ1n) is 9.64. The van der Waals surface area contributed by atoms with Gasteiger partial charge in [0.15, 0.2) is 0 Å². The summed E-state index contributed by atoms with van der Waals surface area (Å²) in [6.45, 7) is 7.06. The molecule has 2 aliphatic heterocycles. The number of ether oxygens (including phenoxy) is 2. The van der Waals surface area contributed by atoms with Crippen LogP contribution in [0.25, 0.3) is 10.9 Å². The number of morpholine rings is 1. The summed E-state index contributed by atoms with van der Waals surface area (Å²) < 4.78 is 11.5. The lowest BCUT2D eigenvalue weighted by Gasteiger charge is -2.22. The van der Waals surface area contributed by atoms with E-state index < -0.39 is 0 Å². The number of benzene rings is 1. The van der Waals surface area contributed by atoms with Gasteiger partial charge in [0.05, 0.1) is 25.9 Å². The summed E-state index contributed by atoms with van der Waals surface area (Å²) in [5.41, 5.74) is 2.35. The smallest absolute Gasteiger partial charge is 0.120 e. The van der Waals surface area contributed by atoms with Crippen molar-refractivity contribution in [1.29, 1.82) is 0 Å². The van der Waals surface area contributed by atoms with Crippen LogP contribution in [0.4, 0.5) is 0 Å². The van der Waals surface area contributed by atoms with Crippen molar-refractivity contribution >= 4 is 10.9 Å². The van der Waals surface area contributed by atoms with Gasteiger partial charge in [-0.1, -0.05) is 0 Å². The maximum Gasteiger partial charge on any atom is 0.120 e. The summed E-state index contributed by atoms with van der Waals surface area (Å²) >= 11 is 0. The molecule has 1 aromatic heterocycles. The van der Waals surface area contributed by atoms with Crippen LogP contribution in [0.2, 0.25) is 0 Å². The fraction of sp³-hybridized carbons (Fsp3) is 0.600. The van der Waals surface area contributed by atoms with Crippen molar-refractivity contribution in [3.63, 3.8) is 0 Å². The Morgan fingerprint density at radius 2 is 2.12 bits per heavy atom. The second-order valence-electron chi connectivity index (χ2n) is 7.77. The number of piperidine rings is 1. The van der Waals surface area contributed by atoms with E-state index in [9.17, 15) is 0 Å². The number of nitrogens with one attached hydrogen (secondary N) is 2. The lowest BCUT2D eigenvalue weighted by atomic mass is 10.2. The topological polar surface area (TPSA) is 49.5 Å². The van der Waals surface area contributed by atoms with Gasteiger partial charge in [-0.3, -0.25) is 0 Å². The summed E-state index contributed by atoms with van der Waals surface area (Å²) in [6, 6.07) is 8.80. The molecule has 3 aliphatic rings. The minimum atomic E-state index is 0.261. The Balaban J connectivity index is 1.16. The van der Waals surface area contributed by atoms with Crippen LogP contribution in [0.3, 0.4) is 0 Å². The summed E-state index contributed by atoms with van der Waals surface area (Å²) in [5.74, 6) is 3.01. The standard InChI is InChI=1S/C20H27N3O2/c1(5-23-11-15-8-16(15)12-23)6-25-17-2-3-18-14(9-17)10-19(22-18)20-13-24-7-4-21-20/h2-3,9-10,15-16,20-22H,1,4-8,11-13H2. The highest BCUT2D eigenvalue weighted by Gasteiger charge is 2.44. The van der Waals surface area contributed by atoms with Crippen molar-refractivity contribution in [3.05, 3.63) is 30.0 Å². The number of nitrogens with zero attached hydrogens (tertiary/aromatic N) is 1. The number of aromatic amines is 1. The van der Waals surface area contributed by atoms with E-state index in [0.29, 0.717) is 0 Å². The highest BCUT2D eigenvalue weighted by atomic mass is 16.5. The second kappa shape index (κ2) is 6.63. The van der Waals surface area contributed by atoms with Gasteiger partial charge < -0.3 is 24.7 Å². The van der Waals surface area contributed by atoms with Gasteiger partial charge in [-0.05, 0) is 48.9 Å². The van der Waals surface area contributed by atoms with Crippen LogP contribution in [0, 0.1) is 11.8 Å². The number of aromatic nitrogens is 1. The van der Waals surface area contributed by atoms with E-state index in [1.165, 1.54) is 37.1 Å². The van der Waals surface area contributed by atoms with E-state index in [1.54, 1.807) is 0 Å². The molecule has 2 aromatic rings. The fourth-order valence-corrected chi connectivity index (χ4v) is 4.33. The molecule has 3 fully saturated rings. The van der Waals surface area contributed by atoms with Gasteiger partial charge in [0.2, 0.25) is 0 Å². The summed E-state index contributed by atoms with van der Waals surface area (Å²) in [6.07, 6.45) is 2.59. The highest BCUT2D eigenvalue weighted by molar-refractivity contribution is 5.82. The van der Waals surface area contributed by atoms with Crippen molar-refractivity contribution in [1.82, 2.24) is 15.2 Å². The van der Waals surface area contributed by atoms with E-state index in [1.807, 2.05) is 0 Å². The Bertz CT molecular complexity index is 728. The number of H-pyrrole nitrogens is 1. The molecule has 0 bridgehead atoms. The highest BCUT2D eigenvalue weighted by Crippen LogP contribution is 2.44. The molecule has 1 aromatic carbocycles. The Labute approximate surface area is 148 Å². The molecular formula is C20H27N3O2. The molecular weight excluding hydrogens is 314 g/mol. The average Bonchev–Trinajstić information content (AvgIpc) is 3.07. The predicted molar refractivity (Wildman–Crippen MR) is 98.0 cm³/mol. The first-order chi connectivity index (χ1) is 12.3. The second-order valence-corrected chi connectivity index (χ2v) is 7.77. The summed E-state index contributed by atoms with van der Waals surface area (Å²) in [4.78, 5) is 6.10. The van der Waals surface area contributed by atoms with Crippen LogP contribution in [-0.2, 0) is 4.74 Å². The third-order valence-electron chi connectivity index (χ3n) is 5.85. The van der Waals surface area contributed by atoms with Crippen molar-refractivity contribution in [2.45, 2.75) is 18.9 Å². The molecule has 0 radical (unpaired) electrons. The normalized spacial score (nSPS) is 29.0. The first-order valence-corrected chi connectivity index (χ1v) is 9.64. The Morgan fingerprint density at radius 3 is 2.96 bits per heavy atom. The molecule has 1 aliphatic carbocycles. The molecule has 0 amide bonds. The van der Waals surface area contributed by atoms with Gasteiger partial charge in [-0.25, -0.2) is 0 Å². The summed E-state index contributed by atoms with van der Waals surface area (Å²) in [5, 5.41) is 4.70. The monoisotopic (exact) mass is 341 g/mol. The average molecular weight is 341 g/mol. The van der Waals surface area contributed by atoms with Crippen LogP contribution in [0.1, 0.15) is 24.6 Å². The molecule has 5 nitrogen and oxygen atoms in total. The minimum Gasteiger partial charge on any atom is -0.494 e. The van der Waals surface area contributed by atoms with Gasteiger partial charge in [0.25, 0.3) is 0 Å². The zero-order chi connectivity index (χ0) is 16.6. The van der Waals surface area contributed by atoms with Crippen molar-refractivity contribution < 1.29 is 9.47 Å². The van der Waals surface area contributed by atoms with Gasteiger partial charge in [0.1, 0.15) is 5.75 Å². The number of likely N-dealkylation sites (tertiary alicyclic amines) is 1. The van der Waals surface area contributed by atoms with Crippen LogP contribution in [-0.4, -0.2) is 55.9 Å². The lowest BCUT2D eigenvalue weighted by Crippen LogP contribution is -2.34. The van der Waals surface area contributed by atoms with E-state index in [4.69, 9.17) is 9.47 Å². The molecule has 0 spiro atoms. The number of fused-ring (bicyclic) bond motifs is 2. The quantitative estimate of drug-likeness (QED) is 0.793. The van der Waals surface area contributed by atoms with Crippen LogP contribution in [0.15, 0.2) is 24.3 Å². The van der Waals surface area contributed by atoms with E-state index >= 15 is 0 Å². The molecule has 1 saturated carbocycles. The predicted octanol–water partition coefficient (Wildman–Crippen LogP) is 2.55. The molecule has 5 rings (SSSR count). The zero-order valence-corrected chi connectivity index (χ0v) is 14.7. The maximum absolute atomic E-state index is 5.99. The zero-order valence-electron chi connectivity index (χ0n) is 14.7. The van der Waals surface area contributed by atoms with Crippen LogP contribution in [0.5, 0.6) is 5.75 Å². The van der Waals surface area contributed by atoms with Gasteiger partial charge >= 0.3 is 0 Å². The molecule has 2 N–H and O–H groups in total. The molecule has 3 unspecified atom stereocenters. The van der Waals surface area contributed by atoms with Gasteiger partial charge in [0, 0.05) is 42.8 Å². The van der Waals surface area contributed by atoms with Crippen molar-refractivity contribution in [2.24, 2.45) is 11.8 Å². The Morgan fingerprint density at radius 1 is 1.20 bits per heavy atom. The fourth-order valence-electron chi connectivity index (χ4n) is 4.33. The van der Waals surface area contributed by atoms with E-state index in [0.717, 1.165) is 55.9 Å². The molecule has 134 valence electrons. The molecule has 5 heteroatoms. The van der Waals surface area contributed by atoms with Crippen molar-refractivity contribution in [2.75, 3.05) is 46.0 Å². The number of rotatable bonds is 6. The van der Waals surface area contributed by atoms with Crippen molar-refractivity contribution in [3.8, 4) is 5.75 Å². The largest absolute Gasteiger partial charge is 0.494 e. The lowest BCUT2D eigenvalue weighted by molar-refractivity contribution is 0.0758. The third-order valence-corrected chi connectivity index (χ3v) is 5.85. The molecule has 3 heterocycles. The maximum atomic E-state index is 5.99. The van der Waals surface area contributed by atoms with E-state index in [-0.39, 0.29) is 6.04 Å². The van der Waals surface area contributed by atoms with E-state index in [2.05, 4.69) is 39.5 Å². The van der Waals surface area contributed by atoms with Gasteiger partial charge in [-0.2, -0.15) is 0 Å². The molecule has 25 heavy (non-hydrogen) atoms. The van der Waals surface area contributed by atoms with Crippen LogP contribution < -0.4 is 10.1 Å². The minimum absolute atomic E-state index is 0.261. The Kier molecular flexibility index (Phi) is 4.16. The molecule has 2 saturated heterocycles.